The van der Waals surface area contributed by atoms with E-state index in [1.165, 1.54) is 12.1 Å². The van der Waals surface area contributed by atoms with Gasteiger partial charge in [0.05, 0.1) is 0 Å². The molecule has 0 aliphatic heterocycles. The molecule has 0 aromatic heterocycles. The first kappa shape index (κ1) is 14.7. The standard InChI is InChI=1S/C15H22FNO/c1-3-5-10-17-15(18)11-12(4-2)13-6-8-14(16)9-7-13/h6-9,12H,3-5,10-11H2,1-2H3,(H,17,18). The van der Waals surface area contributed by atoms with Crippen LogP contribution in [0.3, 0.4) is 0 Å². The number of carbonyl (C=O) groups is 1. The summed E-state index contributed by atoms with van der Waals surface area (Å²) in [7, 11) is 0. The van der Waals surface area contributed by atoms with Crippen molar-refractivity contribution in [2.45, 2.75) is 45.4 Å². The molecule has 0 fully saturated rings. The second kappa shape index (κ2) is 7.85. The second-order valence-corrected chi connectivity index (χ2v) is 4.56. The molecular weight excluding hydrogens is 229 g/mol. The molecule has 3 heteroatoms. The third-order valence-electron chi connectivity index (χ3n) is 3.12. The summed E-state index contributed by atoms with van der Waals surface area (Å²) in [4.78, 5) is 11.7. The highest BCUT2D eigenvalue weighted by atomic mass is 19.1. The molecule has 1 unspecified atom stereocenters. The topological polar surface area (TPSA) is 29.1 Å². The molecule has 18 heavy (non-hydrogen) atoms. The Morgan fingerprint density at radius 3 is 2.50 bits per heavy atom. The minimum absolute atomic E-state index is 0.0830. The smallest absolute Gasteiger partial charge is 0.220 e. The molecule has 1 rings (SSSR count). The van der Waals surface area contributed by atoms with Gasteiger partial charge in [-0.3, -0.25) is 4.79 Å². The van der Waals surface area contributed by atoms with Crippen molar-refractivity contribution in [3.05, 3.63) is 35.6 Å². The molecule has 1 N–H and O–H groups in total. The van der Waals surface area contributed by atoms with Crippen LogP contribution in [0.1, 0.15) is 51.0 Å². The van der Waals surface area contributed by atoms with Gasteiger partial charge in [-0.25, -0.2) is 4.39 Å². The van der Waals surface area contributed by atoms with Crippen molar-refractivity contribution in [3.8, 4) is 0 Å². The number of carbonyl (C=O) groups excluding carboxylic acids is 1. The summed E-state index contributed by atoms with van der Waals surface area (Å²) in [5.74, 6) is 0.0212. The fourth-order valence-corrected chi connectivity index (χ4v) is 1.93. The lowest BCUT2D eigenvalue weighted by molar-refractivity contribution is -0.121. The summed E-state index contributed by atoms with van der Waals surface area (Å²) in [5, 5.41) is 2.92. The van der Waals surface area contributed by atoms with E-state index in [1.807, 2.05) is 6.92 Å². The number of unbranched alkanes of at least 4 members (excludes halogenated alkanes) is 1. The lowest BCUT2D eigenvalue weighted by Crippen LogP contribution is -2.25. The minimum Gasteiger partial charge on any atom is -0.356 e. The number of hydrogen-bond donors (Lipinski definition) is 1. The van der Waals surface area contributed by atoms with Gasteiger partial charge >= 0.3 is 0 Å². The predicted molar refractivity (Wildman–Crippen MR) is 72.0 cm³/mol. The van der Waals surface area contributed by atoms with Gasteiger partial charge in [0.25, 0.3) is 0 Å². The van der Waals surface area contributed by atoms with Gasteiger partial charge in [0.15, 0.2) is 0 Å². The van der Waals surface area contributed by atoms with Crippen molar-refractivity contribution in [2.75, 3.05) is 6.54 Å². The summed E-state index contributed by atoms with van der Waals surface area (Å²) in [5.41, 5.74) is 1.03. The third kappa shape index (κ3) is 4.86. The van der Waals surface area contributed by atoms with Crippen LogP contribution >= 0.6 is 0 Å². The van der Waals surface area contributed by atoms with Crippen LogP contribution in [-0.2, 0) is 4.79 Å². The maximum atomic E-state index is 12.8. The molecular formula is C15H22FNO. The lowest BCUT2D eigenvalue weighted by Gasteiger charge is -2.15. The Morgan fingerprint density at radius 1 is 1.28 bits per heavy atom. The van der Waals surface area contributed by atoms with Crippen molar-refractivity contribution in [1.29, 1.82) is 0 Å². The molecule has 1 atom stereocenters. The zero-order valence-corrected chi connectivity index (χ0v) is 11.2. The first-order valence-corrected chi connectivity index (χ1v) is 6.69. The van der Waals surface area contributed by atoms with Gasteiger partial charge in [-0.1, -0.05) is 32.4 Å². The molecule has 1 aromatic carbocycles. The summed E-state index contributed by atoms with van der Waals surface area (Å²) in [6, 6.07) is 6.44. The first-order valence-electron chi connectivity index (χ1n) is 6.69. The van der Waals surface area contributed by atoms with Crippen LogP contribution < -0.4 is 5.32 Å². The van der Waals surface area contributed by atoms with Crippen molar-refractivity contribution >= 4 is 5.91 Å². The maximum Gasteiger partial charge on any atom is 0.220 e. The summed E-state index contributed by atoms with van der Waals surface area (Å²) in [6.45, 7) is 4.89. The molecule has 0 saturated heterocycles. The molecule has 0 aliphatic rings. The van der Waals surface area contributed by atoms with Gasteiger partial charge in [-0.15, -0.1) is 0 Å². The molecule has 2 nitrogen and oxygen atoms in total. The third-order valence-corrected chi connectivity index (χ3v) is 3.12. The molecule has 0 bridgehead atoms. The van der Waals surface area contributed by atoms with Crippen LogP contribution in [0.5, 0.6) is 0 Å². The van der Waals surface area contributed by atoms with Crippen LogP contribution in [0.2, 0.25) is 0 Å². The Balaban J connectivity index is 2.51. The van der Waals surface area contributed by atoms with E-state index in [2.05, 4.69) is 12.2 Å². The Hall–Kier alpha value is -1.38. The van der Waals surface area contributed by atoms with Crippen LogP contribution in [0, 0.1) is 5.82 Å². The van der Waals surface area contributed by atoms with E-state index in [1.54, 1.807) is 12.1 Å². The number of amides is 1. The fraction of sp³-hybridized carbons (Fsp3) is 0.533. The molecule has 0 aliphatic carbocycles. The highest BCUT2D eigenvalue weighted by Crippen LogP contribution is 2.23. The average molecular weight is 251 g/mol. The van der Waals surface area contributed by atoms with E-state index in [0.717, 1.165) is 31.4 Å². The Bertz CT molecular complexity index is 361. The number of benzene rings is 1. The Labute approximate surface area is 109 Å². The predicted octanol–water partition coefficient (Wildman–Crippen LogP) is 3.63. The highest BCUT2D eigenvalue weighted by Gasteiger charge is 2.13. The minimum atomic E-state index is -0.235. The zero-order chi connectivity index (χ0) is 13.4. The van der Waals surface area contributed by atoms with Gasteiger partial charge < -0.3 is 5.32 Å². The zero-order valence-electron chi connectivity index (χ0n) is 11.2. The largest absolute Gasteiger partial charge is 0.356 e. The fourth-order valence-electron chi connectivity index (χ4n) is 1.93. The van der Waals surface area contributed by atoms with Crippen molar-refractivity contribution in [1.82, 2.24) is 5.32 Å². The van der Waals surface area contributed by atoms with E-state index < -0.39 is 0 Å². The second-order valence-electron chi connectivity index (χ2n) is 4.56. The Morgan fingerprint density at radius 2 is 1.94 bits per heavy atom. The lowest BCUT2D eigenvalue weighted by atomic mass is 9.93. The SMILES string of the molecule is CCCCNC(=O)CC(CC)c1ccc(F)cc1. The van der Waals surface area contributed by atoms with Gasteiger partial charge in [0.2, 0.25) is 5.91 Å². The number of rotatable bonds is 7. The summed E-state index contributed by atoms with van der Waals surface area (Å²) < 4.78 is 12.8. The molecule has 0 spiro atoms. The number of hydrogen-bond acceptors (Lipinski definition) is 1. The van der Waals surface area contributed by atoms with Gasteiger partial charge in [0.1, 0.15) is 5.82 Å². The maximum absolute atomic E-state index is 12.8. The monoisotopic (exact) mass is 251 g/mol. The van der Waals surface area contributed by atoms with Crippen LogP contribution in [0.15, 0.2) is 24.3 Å². The van der Waals surface area contributed by atoms with E-state index in [4.69, 9.17) is 0 Å². The van der Waals surface area contributed by atoms with E-state index >= 15 is 0 Å². The average Bonchev–Trinajstić information content (AvgIpc) is 2.37. The normalized spacial score (nSPS) is 12.2. The molecule has 0 saturated carbocycles. The molecule has 1 aromatic rings. The van der Waals surface area contributed by atoms with Crippen molar-refractivity contribution in [3.63, 3.8) is 0 Å². The van der Waals surface area contributed by atoms with Crippen molar-refractivity contribution in [2.24, 2.45) is 0 Å². The Kier molecular flexibility index (Phi) is 6.40. The van der Waals surface area contributed by atoms with Crippen LogP contribution in [0.4, 0.5) is 4.39 Å². The quantitative estimate of drug-likeness (QED) is 0.737. The number of halogens is 1. The van der Waals surface area contributed by atoms with Gasteiger partial charge in [0, 0.05) is 13.0 Å². The molecule has 100 valence electrons. The summed E-state index contributed by atoms with van der Waals surface area (Å²) in [6.07, 6.45) is 3.45. The van der Waals surface area contributed by atoms with Crippen LogP contribution in [-0.4, -0.2) is 12.5 Å². The summed E-state index contributed by atoms with van der Waals surface area (Å²) >= 11 is 0. The van der Waals surface area contributed by atoms with E-state index in [9.17, 15) is 9.18 Å². The van der Waals surface area contributed by atoms with Crippen LogP contribution in [0.25, 0.3) is 0 Å². The van der Waals surface area contributed by atoms with E-state index in [0.29, 0.717) is 6.42 Å². The van der Waals surface area contributed by atoms with Crippen molar-refractivity contribution < 1.29 is 9.18 Å². The number of nitrogens with one attached hydrogen (secondary N) is 1. The van der Waals surface area contributed by atoms with Gasteiger partial charge in [-0.05, 0) is 36.5 Å². The molecule has 1 amide bonds. The molecule has 0 heterocycles. The molecule has 0 radical (unpaired) electrons. The van der Waals surface area contributed by atoms with E-state index in [-0.39, 0.29) is 17.6 Å². The van der Waals surface area contributed by atoms with Gasteiger partial charge in [-0.2, -0.15) is 0 Å². The first-order chi connectivity index (χ1) is 8.67. The highest BCUT2D eigenvalue weighted by molar-refractivity contribution is 5.76.